The Balaban J connectivity index is 2.13. The number of hydrogen-bond donors (Lipinski definition) is 1. The van der Waals surface area contributed by atoms with Crippen LogP contribution >= 0.6 is 12.6 Å². The lowest BCUT2D eigenvalue weighted by molar-refractivity contribution is 0.0815. The molecule has 3 heteroatoms. The second-order valence-electron chi connectivity index (χ2n) is 4.92. The fourth-order valence-corrected chi connectivity index (χ4v) is 2.69. The van der Waals surface area contributed by atoms with Crippen molar-refractivity contribution in [1.82, 2.24) is 0 Å². The van der Waals surface area contributed by atoms with Crippen molar-refractivity contribution in [3.05, 3.63) is 65.2 Å². The summed E-state index contributed by atoms with van der Waals surface area (Å²) in [7, 11) is 0. The number of carbonyl (C=O) groups is 2. The van der Waals surface area contributed by atoms with Gasteiger partial charge in [-0.2, -0.15) is 12.6 Å². The summed E-state index contributed by atoms with van der Waals surface area (Å²) in [6.07, 6.45) is 4.96. The third-order valence-corrected chi connectivity index (χ3v) is 3.82. The minimum Gasteiger partial charge on any atom is -0.285 e. The topological polar surface area (TPSA) is 34.1 Å². The van der Waals surface area contributed by atoms with Crippen LogP contribution in [-0.2, 0) is 0 Å². The van der Waals surface area contributed by atoms with Crippen LogP contribution in [0, 0.1) is 0 Å². The molecule has 104 valence electrons. The molecule has 0 spiro atoms. The number of thiol groups is 1. The molecular formula is C18H14O2S. The Bertz CT molecular complexity index is 760. The zero-order valence-corrected chi connectivity index (χ0v) is 12.3. The van der Waals surface area contributed by atoms with E-state index < -0.39 is 11.6 Å². The lowest BCUT2D eigenvalue weighted by atomic mass is 9.83. The molecule has 2 aromatic rings. The Hall–Kier alpha value is -2.13. The first-order valence-electron chi connectivity index (χ1n) is 6.82. The molecule has 0 aromatic heterocycles. The first kappa shape index (κ1) is 13.8. The lowest BCUT2D eigenvalue weighted by Crippen LogP contribution is -2.21. The molecule has 0 saturated heterocycles. The molecule has 2 aromatic carbocycles. The van der Waals surface area contributed by atoms with Gasteiger partial charge in [0.15, 0.2) is 0 Å². The largest absolute Gasteiger partial charge is 0.285 e. The van der Waals surface area contributed by atoms with Crippen LogP contribution < -0.4 is 0 Å². The van der Waals surface area contributed by atoms with E-state index in [0.717, 1.165) is 28.9 Å². The van der Waals surface area contributed by atoms with Crippen molar-refractivity contribution >= 4 is 30.3 Å². The number of carbonyl (C=O) groups excluding carboxylic acids is 2. The summed E-state index contributed by atoms with van der Waals surface area (Å²) >= 11 is 4.17. The van der Waals surface area contributed by atoms with Crippen LogP contribution in [0.2, 0.25) is 0 Å². The van der Waals surface area contributed by atoms with Crippen molar-refractivity contribution in [3.63, 3.8) is 0 Å². The molecule has 3 rings (SSSR count). The molecule has 0 radical (unpaired) electrons. The molecule has 2 nitrogen and oxygen atoms in total. The number of benzene rings is 2. The summed E-state index contributed by atoms with van der Waals surface area (Å²) in [5, 5.41) is 0. The number of ketones is 2. The first-order chi connectivity index (χ1) is 10.2. The van der Waals surface area contributed by atoms with Crippen LogP contribution in [0.15, 0.2) is 48.5 Å². The van der Waals surface area contributed by atoms with Crippen LogP contribution in [0.5, 0.6) is 0 Å². The fourth-order valence-electron chi connectivity index (χ4n) is 2.54. The van der Waals surface area contributed by atoms with Crippen LogP contribution in [-0.4, -0.2) is 17.3 Å². The Morgan fingerprint density at radius 3 is 2.24 bits per heavy atom. The maximum atomic E-state index is 12.2. The van der Waals surface area contributed by atoms with Crippen LogP contribution in [0.4, 0.5) is 0 Å². The molecule has 1 aliphatic rings. The molecule has 1 aliphatic carbocycles. The van der Waals surface area contributed by atoms with Crippen molar-refractivity contribution in [2.75, 3.05) is 5.75 Å². The van der Waals surface area contributed by atoms with Crippen LogP contribution in [0.1, 0.15) is 32.7 Å². The van der Waals surface area contributed by atoms with Crippen LogP contribution in [0.25, 0.3) is 17.2 Å². The minimum absolute atomic E-state index is 0.420. The Morgan fingerprint density at radius 2 is 1.52 bits per heavy atom. The number of rotatable bonds is 3. The van der Waals surface area contributed by atoms with Gasteiger partial charge in [-0.1, -0.05) is 42.5 Å². The van der Waals surface area contributed by atoms with E-state index in [2.05, 4.69) is 18.7 Å². The molecular weight excluding hydrogens is 280 g/mol. The Kier molecular flexibility index (Phi) is 3.76. The highest BCUT2D eigenvalue weighted by Crippen LogP contribution is 2.34. The monoisotopic (exact) mass is 294 g/mol. The van der Waals surface area contributed by atoms with E-state index >= 15 is 0 Å². The van der Waals surface area contributed by atoms with Crippen molar-refractivity contribution < 1.29 is 9.59 Å². The van der Waals surface area contributed by atoms with E-state index in [0.29, 0.717) is 11.1 Å². The molecule has 0 saturated carbocycles. The summed E-state index contributed by atoms with van der Waals surface area (Å²) < 4.78 is 0. The molecule has 0 atom stereocenters. The molecule has 0 heterocycles. The highest BCUT2D eigenvalue weighted by molar-refractivity contribution is 7.80. The van der Waals surface area contributed by atoms with Crippen molar-refractivity contribution in [3.8, 4) is 11.1 Å². The lowest BCUT2D eigenvalue weighted by Gasteiger charge is -2.18. The molecule has 0 aliphatic heterocycles. The summed E-state index contributed by atoms with van der Waals surface area (Å²) in [5.41, 5.74) is 3.67. The molecule has 0 unspecified atom stereocenters. The van der Waals surface area contributed by atoms with Crippen LogP contribution in [0.3, 0.4) is 0 Å². The number of fused-ring (bicyclic) bond motifs is 3. The molecule has 0 bridgehead atoms. The van der Waals surface area contributed by atoms with Gasteiger partial charge in [-0.05, 0) is 41.0 Å². The molecule has 0 N–H and O–H groups in total. The van der Waals surface area contributed by atoms with Crippen molar-refractivity contribution in [1.29, 1.82) is 0 Å². The van der Waals surface area contributed by atoms with Gasteiger partial charge in [0, 0.05) is 11.1 Å². The zero-order chi connectivity index (χ0) is 14.8. The van der Waals surface area contributed by atoms with Gasteiger partial charge in [0.1, 0.15) is 0 Å². The van der Waals surface area contributed by atoms with Crippen molar-refractivity contribution in [2.24, 2.45) is 0 Å². The van der Waals surface area contributed by atoms with Gasteiger partial charge < -0.3 is 0 Å². The second kappa shape index (κ2) is 5.70. The Labute approximate surface area is 128 Å². The van der Waals surface area contributed by atoms with E-state index in [1.54, 1.807) is 18.2 Å². The number of Topliss-reactive ketones (excluding diaryl/α,β-unsaturated/α-hetero) is 2. The van der Waals surface area contributed by atoms with Gasteiger partial charge in [0.25, 0.3) is 0 Å². The second-order valence-corrected chi connectivity index (χ2v) is 5.37. The van der Waals surface area contributed by atoms with E-state index in [4.69, 9.17) is 0 Å². The van der Waals surface area contributed by atoms with Gasteiger partial charge in [-0.15, -0.1) is 0 Å². The quantitative estimate of drug-likeness (QED) is 0.684. The summed E-state index contributed by atoms with van der Waals surface area (Å²) in [5.74, 6) is -0.0388. The first-order valence-corrected chi connectivity index (χ1v) is 7.45. The van der Waals surface area contributed by atoms with Crippen molar-refractivity contribution in [2.45, 2.75) is 6.42 Å². The van der Waals surface area contributed by atoms with E-state index in [9.17, 15) is 9.59 Å². The maximum Gasteiger partial charge on any atom is 0.234 e. The zero-order valence-electron chi connectivity index (χ0n) is 11.4. The van der Waals surface area contributed by atoms with E-state index in [1.807, 2.05) is 30.3 Å². The van der Waals surface area contributed by atoms with Gasteiger partial charge in [-0.3, -0.25) is 9.59 Å². The summed E-state index contributed by atoms with van der Waals surface area (Å²) in [4.78, 5) is 24.3. The van der Waals surface area contributed by atoms with E-state index in [1.165, 1.54) is 0 Å². The third-order valence-electron chi connectivity index (χ3n) is 3.56. The van der Waals surface area contributed by atoms with Gasteiger partial charge >= 0.3 is 0 Å². The highest BCUT2D eigenvalue weighted by Gasteiger charge is 2.29. The summed E-state index contributed by atoms with van der Waals surface area (Å²) in [6.45, 7) is 0. The average Bonchev–Trinajstić information content (AvgIpc) is 2.53. The SMILES string of the molecule is O=C1C(=O)c2ccc(C=CCCS)cc2-c2ccccc21. The third kappa shape index (κ3) is 2.45. The maximum absolute atomic E-state index is 12.2. The average molecular weight is 294 g/mol. The van der Waals surface area contributed by atoms with Gasteiger partial charge in [0.05, 0.1) is 0 Å². The standard InChI is InChI=1S/C18H14O2S/c19-17-14-7-2-1-6-13(14)16-11-12(5-3-4-10-21)8-9-15(16)18(17)20/h1-3,5-9,11,21H,4,10H2. The van der Waals surface area contributed by atoms with E-state index in [-0.39, 0.29) is 0 Å². The predicted octanol–water partition coefficient (Wildman–Crippen LogP) is 4.07. The number of allylic oxidation sites excluding steroid dienone is 1. The smallest absolute Gasteiger partial charge is 0.234 e. The fraction of sp³-hybridized carbons (Fsp3) is 0.111. The molecule has 21 heavy (non-hydrogen) atoms. The Morgan fingerprint density at radius 1 is 0.857 bits per heavy atom. The summed E-state index contributed by atoms with van der Waals surface area (Å²) in [6, 6.07) is 12.8. The normalized spacial score (nSPS) is 13.4. The number of hydrogen-bond acceptors (Lipinski definition) is 3. The predicted molar refractivity (Wildman–Crippen MR) is 88.0 cm³/mol. The minimum atomic E-state index is -0.422. The molecule has 0 amide bonds. The van der Waals surface area contributed by atoms with Gasteiger partial charge in [0.2, 0.25) is 11.6 Å². The highest BCUT2D eigenvalue weighted by atomic mass is 32.1. The molecule has 0 fully saturated rings. The van der Waals surface area contributed by atoms with Gasteiger partial charge in [-0.25, -0.2) is 0 Å².